The van der Waals surface area contributed by atoms with Gasteiger partial charge >= 0.3 is 0 Å². The molecule has 0 radical (unpaired) electrons. The van der Waals surface area contributed by atoms with Crippen molar-refractivity contribution < 1.29 is 9.59 Å². The maximum Gasteiger partial charge on any atom is 0.240 e. The van der Waals surface area contributed by atoms with Gasteiger partial charge in [0.2, 0.25) is 11.8 Å². The van der Waals surface area contributed by atoms with Crippen molar-refractivity contribution in [1.29, 1.82) is 5.26 Å². The third kappa shape index (κ3) is 4.73. The Morgan fingerprint density at radius 3 is 2.44 bits per heavy atom. The highest BCUT2D eigenvalue weighted by Gasteiger charge is 2.42. The fourth-order valence-electron chi connectivity index (χ4n) is 2.88. The molecular weight excluding hydrogens is 338 g/mol. The zero-order valence-electron chi connectivity index (χ0n) is 14.7. The average Bonchev–Trinajstić information content (AvgIpc) is 2.63. The number of hydrogen-bond acceptors (Lipinski definition) is 3. The number of hydrogen-bond donors (Lipinski definition) is 1. The third-order valence-electron chi connectivity index (χ3n) is 4.88. The summed E-state index contributed by atoms with van der Waals surface area (Å²) >= 11 is 5.86. The summed E-state index contributed by atoms with van der Waals surface area (Å²) in [5.74, 6) is -0.203. The van der Waals surface area contributed by atoms with E-state index in [-0.39, 0.29) is 17.9 Å². The second-order valence-corrected chi connectivity index (χ2v) is 7.10. The maximum atomic E-state index is 12.5. The summed E-state index contributed by atoms with van der Waals surface area (Å²) in [7, 11) is 0. The number of likely N-dealkylation sites (tertiary alicyclic amines) is 1. The summed E-state index contributed by atoms with van der Waals surface area (Å²) in [6.07, 6.45) is 1.87. The lowest BCUT2D eigenvalue weighted by atomic mass is 9.78. The Labute approximate surface area is 153 Å². The Kier molecular flexibility index (Phi) is 6.44. The molecule has 1 aromatic carbocycles. The van der Waals surface area contributed by atoms with E-state index < -0.39 is 5.41 Å². The number of carbonyl (C=O) groups excluding carboxylic acids is 2. The predicted molar refractivity (Wildman–Crippen MR) is 96.9 cm³/mol. The van der Waals surface area contributed by atoms with Crippen molar-refractivity contribution in [2.24, 2.45) is 5.41 Å². The largest absolute Gasteiger partial charge is 0.352 e. The van der Waals surface area contributed by atoms with Crippen LogP contribution in [0, 0.1) is 16.7 Å². The lowest BCUT2D eigenvalue weighted by Crippen LogP contribution is -2.51. The van der Waals surface area contributed by atoms with Crippen LogP contribution in [0.4, 0.5) is 0 Å². The van der Waals surface area contributed by atoms with E-state index >= 15 is 0 Å². The molecule has 134 valence electrons. The number of piperidine rings is 1. The Morgan fingerprint density at radius 2 is 1.92 bits per heavy atom. The Hall–Kier alpha value is -2.06. The topological polar surface area (TPSA) is 73.2 Å². The lowest BCUT2D eigenvalue weighted by molar-refractivity contribution is -0.137. The molecule has 5 nitrogen and oxygen atoms in total. The molecule has 25 heavy (non-hydrogen) atoms. The van der Waals surface area contributed by atoms with E-state index in [2.05, 4.69) is 11.4 Å². The van der Waals surface area contributed by atoms with E-state index in [0.29, 0.717) is 37.4 Å². The van der Waals surface area contributed by atoms with Crippen molar-refractivity contribution in [3.05, 3.63) is 34.9 Å². The van der Waals surface area contributed by atoms with E-state index in [1.165, 1.54) is 0 Å². The van der Waals surface area contributed by atoms with Crippen LogP contribution in [0.5, 0.6) is 0 Å². The molecule has 1 saturated heterocycles. The van der Waals surface area contributed by atoms with Crippen molar-refractivity contribution in [3.63, 3.8) is 0 Å². The summed E-state index contributed by atoms with van der Waals surface area (Å²) in [5, 5.41) is 13.1. The van der Waals surface area contributed by atoms with E-state index in [1.807, 2.05) is 26.0 Å². The van der Waals surface area contributed by atoms with Gasteiger partial charge < -0.3 is 10.2 Å². The van der Waals surface area contributed by atoms with Crippen LogP contribution >= 0.6 is 11.6 Å². The van der Waals surface area contributed by atoms with Crippen molar-refractivity contribution in [3.8, 4) is 6.07 Å². The number of rotatable bonds is 5. The van der Waals surface area contributed by atoms with E-state index in [0.717, 1.165) is 12.0 Å². The zero-order valence-corrected chi connectivity index (χ0v) is 15.5. The van der Waals surface area contributed by atoms with Crippen LogP contribution in [-0.4, -0.2) is 35.8 Å². The molecule has 0 aromatic heterocycles. The maximum absolute atomic E-state index is 12.5. The smallest absolute Gasteiger partial charge is 0.240 e. The fourth-order valence-corrected chi connectivity index (χ4v) is 3.01. The van der Waals surface area contributed by atoms with E-state index in [4.69, 9.17) is 11.6 Å². The molecule has 6 heteroatoms. The molecule has 1 aliphatic heterocycles. The number of benzene rings is 1. The average molecular weight is 362 g/mol. The molecule has 1 atom stereocenters. The van der Waals surface area contributed by atoms with E-state index in [9.17, 15) is 14.9 Å². The Morgan fingerprint density at radius 1 is 1.32 bits per heavy atom. The molecule has 0 spiro atoms. The Bertz CT molecular complexity index is 658. The highest BCUT2D eigenvalue weighted by atomic mass is 35.5. The number of carbonyl (C=O) groups is 2. The molecule has 0 bridgehead atoms. The predicted octanol–water partition coefficient (Wildman–Crippen LogP) is 2.93. The molecule has 1 aliphatic rings. The van der Waals surface area contributed by atoms with Crippen molar-refractivity contribution in [1.82, 2.24) is 10.2 Å². The first kappa shape index (κ1) is 19.3. The summed E-state index contributed by atoms with van der Waals surface area (Å²) in [4.78, 5) is 26.7. The summed E-state index contributed by atoms with van der Waals surface area (Å²) in [6.45, 7) is 4.76. The summed E-state index contributed by atoms with van der Waals surface area (Å²) in [6, 6.07) is 9.44. The lowest BCUT2D eigenvalue weighted by Gasteiger charge is -2.36. The van der Waals surface area contributed by atoms with Crippen molar-refractivity contribution in [2.75, 3.05) is 13.1 Å². The van der Waals surface area contributed by atoms with Gasteiger partial charge in [-0.1, -0.05) is 30.7 Å². The van der Waals surface area contributed by atoms with Crippen LogP contribution in [-0.2, 0) is 16.0 Å². The highest BCUT2D eigenvalue weighted by molar-refractivity contribution is 6.30. The minimum atomic E-state index is -1.03. The minimum absolute atomic E-state index is 0.0104. The number of nitrogens with zero attached hydrogens (tertiary/aromatic N) is 2. The first-order valence-electron chi connectivity index (χ1n) is 8.64. The van der Waals surface area contributed by atoms with Crippen molar-refractivity contribution in [2.45, 2.75) is 45.6 Å². The van der Waals surface area contributed by atoms with Crippen LogP contribution in [0.3, 0.4) is 0 Å². The molecule has 1 heterocycles. The summed E-state index contributed by atoms with van der Waals surface area (Å²) < 4.78 is 0. The molecule has 2 amide bonds. The number of nitrogens with one attached hydrogen (secondary N) is 1. The molecular formula is C19H24ClN3O2. The fraction of sp³-hybridized carbons (Fsp3) is 0.526. The van der Waals surface area contributed by atoms with Gasteiger partial charge in [-0.05, 0) is 43.9 Å². The van der Waals surface area contributed by atoms with Crippen LogP contribution < -0.4 is 5.32 Å². The SMILES string of the molecule is CC[C@H](C)NC(=O)C1(C#N)CCN(C(=O)Cc2ccc(Cl)cc2)CC1. The molecule has 1 fully saturated rings. The quantitative estimate of drug-likeness (QED) is 0.876. The van der Waals surface area contributed by atoms with Gasteiger partial charge in [0.15, 0.2) is 0 Å². The Balaban J connectivity index is 1.95. The van der Waals surface area contributed by atoms with Gasteiger partial charge in [0, 0.05) is 24.2 Å². The van der Waals surface area contributed by atoms with Crippen LogP contribution in [0.1, 0.15) is 38.7 Å². The van der Waals surface area contributed by atoms with Gasteiger partial charge in [-0.15, -0.1) is 0 Å². The van der Waals surface area contributed by atoms with Crippen LogP contribution in [0.15, 0.2) is 24.3 Å². The number of nitriles is 1. The van der Waals surface area contributed by atoms with Crippen LogP contribution in [0.25, 0.3) is 0 Å². The normalized spacial score (nSPS) is 17.4. The van der Waals surface area contributed by atoms with Gasteiger partial charge in [-0.3, -0.25) is 9.59 Å². The number of amides is 2. The van der Waals surface area contributed by atoms with Gasteiger partial charge in [-0.25, -0.2) is 0 Å². The highest BCUT2D eigenvalue weighted by Crippen LogP contribution is 2.31. The van der Waals surface area contributed by atoms with Gasteiger partial charge in [-0.2, -0.15) is 5.26 Å². The zero-order chi connectivity index (χ0) is 18.4. The van der Waals surface area contributed by atoms with Gasteiger partial charge in [0.05, 0.1) is 12.5 Å². The molecule has 1 aromatic rings. The first-order valence-corrected chi connectivity index (χ1v) is 9.02. The molecule has 2 rings (SSSR count). The van der Waals surface area contributed by atoms with E-state index in [1.54, 1.807) is 17.0 Å². The third-order valence-corrected chi connectivity index (χ3v) is 5.13. The second kappa shape index (κ2) is 8.35. The standard InChI is InChI=1S/C19H24ClN3O2/c1-3-14(2)22-18(25)19(13-21)8-10-23(11-9-19)17(24)12-15-4-6-16(20)7-5-15/h4-7,14H,3,8-12H2,1-2H3,(H,22,25)/t14-/m0/s1. The van der Waals surface area contributed by atoms with Gasteiger partial charge in [0.25, 0.3) is 0 Å². The van der Waals surface area contributed by atoms with Crippen molar-refractivity contribution >= 4 is 23.4 Å². The monoisotopic (exact) mass is 361 g/mol. The second-order valence-electron chi connectivity index (χ2n) is 6.66. The first-order chi connectivity index (χ1) is 11.9. The molecule has 0 unspecified atom stereocenters. The number of halogens is 1. The van der Waals surface area contributed by atoms with Gasteiger partial charge in [0.1, 0.15) is 5.41 Å². The van der Waals surface area contributed by atoms with Crippen LogP contribution in [0.2, 0.25) is 5.02 Å². The minimum Gasteiger partial charge on any atom is -0.352 e. The molecule has 0 aliphatic carbocycles. The molecule has 0 saturated carbocycles. The summed E-state index contributed by atoms with van der Waals surface area (Å²) in [5.41, 5.74) is -0.124. The molecule has 1 N–H and O–H groups in total.